The molecule has 1 saturated carbocycles. The van der Waals surface area contributed by atoms with Crippen LogP contribution >= 0.6 is 11.8 Å². The van der Waals surface area contributed by atoms with Crippen LogP contribution in [-0.4, -0.2) is 28.5 Å². The number of rotatable bonds is 0. The van der Waals surface area contributed by atoms with E-state index < -0.39 is 0 Å². The van der Waals surface area contributed by atoms with Crippen LogP contribution < -0.4 is 0 Å². The van der Waals surface area contributed by atoms with Crippen molar-refractivity contribution in [3.8, 4) is 0 Å². The maximum atomic E-state index is 12.3. The Hall–Kier alpha value is -0.0200. The van der Waals surface area contributed by atoms with Gasteiger partial charge < -0.3 is 4.74 Å². The van der Waals surface area contributed by atoms with Crippen molar-refractivity contribution >= 4 is 17.5 Å². The molecule has 2 atom stereocenters. The van der Waals surface area contributed by atoms with Crippen LogP contribution in [-0.2, 0) is 9.53 Å². The van der Waals surface area contributed by atoms with Gasteiger partial charge in [0, 0.05) is 13.0 Å². The first-order chi connectivity index (χ1) is 7.29. The number of thioether (sulfide) groups is 1. The summed E-state index contributed by atoms with van der Waals surface area (Å²) in [4.78, 5) is 12.3. The van der Waals surface area contributed by atoms with Crippen LogP contribution in [0.3, 0.4) is 0 Å². The van der Waals surface area contributed by atoms with Crippen molar-refractivity contribution in [2.24, 2.45) is 0 Å². The van der Waals surface area contributed by atoms with Crippen molar-refractivity contribution < 1.29 is 9.53 Å². The van der Waals surface area contributed by atoms with E-state index in [1.165, 1.54) is 6.42 Å². The summed E-state index contributed by atoms with van der Waals surface area (Å²) in [6, 6.07) is 0. The van der Waals surface area contributed by atoms with Gasteiger partial charge in [0.15, 0.2) is 5.78 Å². The molecule has 0 aromatic carbocycles. The maximum absolute atomic E-state index is 12.3. The van der Waals surface area contributed by atoms with Gasteiger partial charge in [-0.3, -0.25) is 4.79 Å². The van der Waals surface area contributed by atoms with Crippen LogP contribution in [0.15, 0.2) is 0 Å². The van der Waals surface area contributed by atoms with Crippen molar-refractivity contribution in [2.45, 2.75) is 55.3 Å². The highest BCUT2D eigenvalue weighted by atomic mass is 32.2. The molecule has 84 valence electrons. The Morgan fingerprint density at radius 3 is 2.67 bits per heavy atom. The molecule has 0 radical (unpaired) electrons. The lowest BCUT2D eigenvalue weighted by Gasteiger charge is -2.47. The third-order valence-electron chi connectivity index (χ3n) is 4.30. The zero-order chi connectivity index (χ0) is 10.4. The monoisotopic (exact) mass is 226 g/mol. The Labute approximate surface area is 95.1 Å². The van der Waals surface area contributed by atoms with E-state index in [2.05, 4.69) is 0 Å². The van der Waals surface area contributed by atoms with E-state index in [-0.39, 0.29) is 10.3 Å². The second kappa shape index (κ2) is 3.49. The highest BCUT2D eigenvalue weighted by Gasteiger charge is 2.61. The fraction of sp³-hybridized carbons (Fsp3) is 0.917. The molecule has 2 aliphatic heterocycles. The van der Waals surface area contributed by atoms with Gasteiger partial charge in [-0.05, 0) is 44.3 Å². The van der Waals surface area contributed by atoms with Crippen molar-refractivity contribution in [2.75, 3.05) is 12.4 Å². The summed E-state index contributed by atoms with van der Waals surface area (Å²) in [5.41, 5.74) is -0.0660. The van der Waals surface area contributed by atoms with E-state index in [1.807, 2.05) is 11.8 Å². The molecule has 3 rings (SSSR count). The Morgan fingerprint density at radius 2 is 2.00 bits per heavy atom. The predicted molar refractivity (Wildman–Crippen MR) is 61.2 cm³/mol. The van der Waals surface area contributed by atoms with Crippen LogP contribution in [0.2, 0.25) is 0 Å². The highest BCUT2D eigenvalue weighted by Crippen LogP contribution is 2.56. The van der Waals surface area contributed by atoms with Crippen molar-refractivity contribution in [3.05, 3.63) is 0 Å². The van der Waals surface area contributed by atoms with Crippen molar-refractivity contribution in [3.63, 3.8) is 0 Å². The summed E-state index contributed by atoms with van der Waals surface area (Å²) in [5.74, 6) is 1.63. The summed E-state index contributed by atoms with van der Waals surface area (Å²) in [6.45, 7) is 0.871. The van der Waals surface area contributed by atoms with Gasteiger partial charge in [-0.15, -0.1) is 11.8 Å². The molecule has 15 heavy (non-hydrogen) atoms. The van der Waals surface area contributed by atoms with Gasteiger partial charge in [-0.2, -0.15) is 0 Å². The Kier molecular flexibility index (Phi) is 2.36. The van der Waals surface area contributed by atoms with Crippen LogP contribution in [0, 0.1) is 0 Å². The molecule has 0 bridgehead atoms. The number of fused-ring (bicyclic) bond motifs is 1. The fourth-order valence-electron chi connectivity index (χ4n) is 3.62. The zero-order valence-corrected chi connectivity index (χ0v) is 9.91. The normalized spacial score (nSPS) is 45.7. The first-order valence-corrected chi connectivity index (χ1v) is 7.09. The first-order valence-electron chi connectivity index (χ1n) is 6.10. The van der Waals surface area contributed by atoms with Crippen LogP contribution in [0.1, 0.15) is 44.9 Å². The molecule has 2 nitrogen and oxygen atoms in total. The quantitative estimate of drug-likeness (QED) is 0.635. The SMILES string of the molecule is O=C1CCCC2(CCCO2)[C@]12CCCS2. The lowest BCUT2D eigenvalue weighted by Crippen LogP contribution is -2.57. The third kappa shape index (κ3) is 1.26. The fourth-order valence-corrected chi connectivity index (χ4v) is 5.34. The van der Waals surface area contributed by atoms with Gasteiger partial charge in [0.1, 0.15) is 4.75 Å². The molecule has 0 N–H and O–H groups in total. The Morgan fingerprint density at radius 1 is 1.13 bits per heavy atom. The van der Waals surface area contributed by atoms with Crippen molar-refractivity contribution in [1.82, 2.24) is 0 Å². The molecular weight excluding hydrogens is 208 g/mol. The van der Waals surface area contributed by atoms with Gasteiger partial charge >= 0.3 is 0 Å². The van der Waals surface area contributed by atoms with E-state index in [0.717, 1.165) is 50.9 Å². The topological polar surface area (TPSA) is 26.3 Å². The summed E-state index contributed by atoms with van der Waals surface area (Å²) in [7, 11) is 0. The van der Waals surface area contributed by atoms with E-state index in [4.69, 9.17) is 4.74 Å². The molecular formula is C12H18O2S. The highest BCUT2D eigenvalue weighted by molar-refractivity contribution is 8.01. The Bertz CT molecular complexity index is 275. The molecule has 1 unspecified atom stereocenters. The smallest absolute Gasteiger partial charge is 0.151 e. The molecule has 0 aromatic rings. The summed E-state index contributed by atoms with van der Waals surface area (Å²) < 4.78 is 5.91. The second-order valence-corrected chi connectivity index (χ2v) is 6.40. The van der Waals surface area contributed by atoms with Gasteiger partial charge in [0.2, 0.25) is 0 Å². The molecule has 1 aliphatic carbocycles. The Balaban J connectivity index is 2.00. The van der Waals surface area contributed by atoms with Crippen LogP contribution in [0.25, 0.3) is 0 Å². The number of Topliss-reactive ketones (excluding diaryl/α,β-unsaturated/α-hetero) is 1. The van der Waals surface area contributed by atoms with E-state index in [0.29, 0.717) is 5.78 Å². The minimum atomic E-state index is -0.137. The van der Waals surface area contributed by atoms with Crippen molar-refractivity contribution in [1.29, 1.82) is 0 Å². The molecule has 0 amide bonds. The lowest BCUT2D eigenvalue weighted by atomic mass is 9.70. The summed E-state index contributed by atoms with van der Waals surface area (Å²) in [6.07, 6.45) is 7.48. The molecule has 2 heterocycles. The standard InChI is InChI=1S/C12H18O2S/c13-10-4-1-5-11(6-2-8-14-11)12(10)7-3-9-15-12/h1-9H2/t11?,12-/m0/s1. The molecule has 3 fully saturated rings. The average Bonchev–Trinajstić information content (AvgIpc) is 2.84. The van der Waals surface area contributed by atoms with Gasteiger partial charge in [-0.1, -0.05) is 0 Å². The lowest BCUT2D eigenvalue weighted by molar-refractivity contribution is -0.135. The number of carbonyl (C=O) groups excluding carboxylic acids is 1. The zero-order valence-electron chi connectivity index (χ0n) is 9.09. The number of hydrogen-bond acceptors (Lipinski definition) is 3. The second-order valence-electron chi connectivity index (χ2n) is 5.00. The minimum absolute atomic E-state index is 0.0660. The molecule has 3 heteroatoms. The first kappa shape index (κ1) is 10.2. The van der Waals surface area contributed by atoms with E-state index in [9.17, 15) is 4.79 Å². The molecule has 2 saturated heterocycles. The largest absolute Gasteiger partial charge is 0.373 e. The number of hydrogen-bond donors (Lipinski definition) is 0. The van der Waals surface area contributed by atoms with E-state index in [1.54, 1.807) is 0 Å². The number of ether oxygens (including phenoxy) is 1. The predicted octanol–water partition coefficient (Wildman–Crippen LogP) is 2.55. The molecule has 0 aromatic heterocycles. The number of carbonyl (C=O) groups is 1. The summed E-state index contributed by atoms with van der Waals surface area (Å²) >= 11 is 1.90. The minimum Gasteiger partial charge on any atom is -0.373 e. The molecule has 3 aliphatic rings. The van der Waals surface area contributed by atoms with E-state index >= 15 is 0 Å². The van der Waals surface area contributed by atoms with Gasteiger partial charge in [0.25, 0.3) is 0 Å². The summed E-state index contributed by atoms with van der Waals surface area (Å²) in [5, 5.41) is 0. The molecule has 2 spiro atoms. The van der Waals surface area contributed by atoms with Gasteiger partial charge in [-0.25, -0.2) is 0 Å². The van der Waals surface area contributed by atoms with Gasteiger partial charge in [0.05, 0.1) is 5.60 Å². The van der Waals surface area contributed by atoms with Crippen LogP contribution in [0.4, 0.5) is 0 Å². The third-order valence-corrected chi connectivity index (χ3v) is 6.09. The maximum Gasteiger partial charge on any atom is 0.151 e. The number of ketones is 1. The van der Waals surface area contributed by atoms with Crippen LogP contribution in [0.5, 0.6) is 0 Å². The average molecular weight is 226 g/mol.